The van der Waals surface area contributed by atoms with Crippen molar-refractivity contribution in [1.29, 1.82) is 0 Å². The molecule has 2 aromatic rings. The van der Waals surface area contributed by atoms with E-state index < -0.39 is 52.8 Å². The fraction of sp³-hybridized carbons (Fsp3) is 0.348. The van der Waals surface area contributed by atoms with Crippen molar-refractivity contribution in [3.63, 3.8) is 0 Å². The predicted molar refractivity (Wildman–Crippen MR) is 126 cm³/mol. The molecule has 8 nitrogen and oxygen atoms in total. The lowest BCUT2D eigenvalue weighted by Crippen LogP contribution is -2.40. The normalized spacial score (nSPS) is 13.3. The summed E-state index contributed by atoms with van der Waals surface area (Å²) >= 11 is 0. The highest BCUT2D eigenvalue weighted by Crippen LogP contribution is 2.15. The highest BCUT2D eigenvalue weighted by Gasteiger charge is 2.20. The summed E-state index contributed by atoms with van der Waals surface area (Å²) in [4.78, 5) is 35.5. The second kappa shape index (κ2) is 12.7. The number of hydrogen-bond acceptors (Lipinski definition) is 6. The number of nitrogens with zero attached hydrogens (tertiary/aromatic N) is 2. The SMILES string of the molecule is CC.CC(=O)C1=CN(CC(F)CCn2ccc(NC(=O)Cc3c(F)cccc3F)c(F)c2=O)NN1.[HH].[HH]. The summed E-state index contributed by atoms with van der Waals surface area (Å²) in [7, 11) is 0. The van der Waals surface area contributed by atoms with E-state index in [2.05, 4.69) is 16.3 Å². The predicted octanol–water partition coefficient (Wildman–Crippen LogP) is 3.45. The van der Waals surface area contributed by atoms with Crippen LogP contribution in [0, 0.1) is 17.5 Å². The molecule has 3 N–H and O–H groups in total. The van der Waals surface area contributed by atoms with Gasteiger partial charge in [-0.3, -0.25) is 24.8 Å². The van der Waals surface area contributed by atoms with Gasteiger partial charge in [0.2, 0.25) is 11.7 Å². The Labute approximate surface area is 202 Å². The maximum atomic E-state index is 14.4. The molecular weight excluding hydrogens is 470 g/mol. The van der Waals surface area contributed by atoms with Crippen molar-refractivity contribution in [2.75, 3.05) is 11.9 Å². The van der Waals surface area contributed by atoms with Crippen LogP contribution in [0.1, 0.15) is 35.6 Å². The molecule has 1 atom stereocenters. The number of aryl methyl sites for hydroxylation is 1. The van der Waals surface area contributed by atoms with Crippen LogP contribution in [-0.2, 0) is 22.6 Å². The number of rotatable bonds is 9. The molecule has 35 heavy (non-hydrogen) atoms. The number of Topliss-reactive ketones (excluding diaryl/α,β-unsaturated/α-hetero) is 1. The number of pyridine rings is 1. The van der Waals surface area contributed by atoms with Crippen molar-refractivity contribution >= 4 is 17.4 Å². The molecule has 1 amide bonds. The number of carbonyl (C=O) groups is 2. The Balaban J connectivity index is 0.00000316. The first-order valence-corrected chi connectivity index (χ1v) is 10.9. The number of benzene rings is 1. The second-order valence-corrected chi connectivity index (χ2v) is 7.34. The van der Waals surface area contributed by atoms with Gasteiger partial charge in [0.15, 0.2) is 5.78 Å². The average Bonchev–Trinajstić information content (AvgIpc) is 3.29. The molecule has 0 aliphatic carbocycles. The highest BCUT2D eigenvalue weighted by atomic mass is 19.1. The number of hydrazine groups is 2. The molecule has 1 aliphatic rings. The molecule has 0 bridgehead atoms. The maximum absolute atomic E-state index is 14.4. The molecule has 0 radical (unpaired) electrons. The van der Waals surface area contributed by atoms with E-state index in [0.29, 0.717) is 0 Å². The number of anilines is 1. The standard InChI is InChI=1S/C21H21F4N5O3.C2H6.2H2/c1-12(31)18-11-30(28-27-18)10-13(22)5-7-29-8-6-17(20(25)21(29)33)26-19(32)9-14-15(23)3-2-4-16(14)24;1-2;;/h2-4,6,8,11,13,27-28H,5,7,9-10H2,1H3,(H,26,32);1-2H3;2*1H. The Kier molecular flexibility index (Phi) is 10.0. The third-order valence-corrected chi connectivity index (χ3v) is 4.86. The van der Waals surface area contributed by atoms with Gasteiger partial charge >= 0.3 is 0 Å². The van der Waals surface area contributed by atoms with Crippen LogP contribution in [-0.4, -0.2) is 34.0 Å². The van der Waals surface area contributed by atoms with Gasteiger partial charge in [-0.05, 0) is 24.6 Å². The van der Waals surface area contributed by atoms with Gasteiger partial charge in [-0.1, -0.05) is 19.9 Å². The number of nitrogens with one attached hydrogen (secondary N) is 3. The summed E-state index contributed by atoms with van der Waals surface area (Å²) in [6, 6.07) is 4.22. The largest absolute Gasteiger partial charge is 0.323 e. The second-order valence-electron chi connectivity index (χ2n) is 7.34. The number of aromatic nitrogens is 1. The smallest absolute Gasteiger partial charge is 0.288 e. The number of carbonyl (C=O) groups excluding carboxylic acids is 2. The zero-order chi connectivity index (χ0) is 26.1. The zero-order valence-electron chi connectivity index (χ0n) is 19.5. The van der Waals surface area contributed by atoms with Gasteiger partial charge in [0.1, 0.15) is 23.5 Å². The molecule has 3 rings (SSSR count). The van der Waals surface area contributed by atoms with Crippen LogP contribution in [0.25, 0.3) is 0 Å². The van der Waals surface area contributed by atoms with Gasteiger partial charge in [-0.2, -0.15) is 4.39 Å². The number of ketones is 1. The van der Waals surface area contributed by atoms with Crippen LogP contribution in [0.15, 0.2) is 47.2 Å². The van der Waals surface area contributed by atoms with Crippen molar-refractivity contribution in [3.8, 4) is 0 Å². The topological polar surface area (TPSA) is 95.5 Å². The lowest BCUT2D eigenvalue weighted by molar-refractivity contribution is -0.116. The van der Waals surface area contributed by atoms with E-state index in [9.17, 15) is 31.9 Å². The van der Waals surface area contributed by atoms with Gasteiger partial charge in [0, 0.05) is 34.3 Å². The Morgan fingerprint density at radius 3 is 2.40 bits per heavy atom. The minimum absolute atomic E-state index is 0. The molecule has 0 saturated heterocycles. The van der Waals surface area contributed by atoms with E-state index in [1.54, 1.807) is 0 Å². The van der Waals surface area contributed by atoms with Gasteiger partial charge in [-0.25, -0.2) is 13.2 Å². The van der Waals surface area contributed by atoms with Crippen molar-refractivity contribution in [3.05, 3.63) is 75.7 Å². The number of halogens is 4. The number of amides is 1. The summed E-state index contributed by atoms with van der Waals surface area (Å²) in [5.74, 6) is -4.27. The quantitative estimate of drug-likeness (QED) is 0.456. The van der Waals surface area contributed by atoms with Crippen LogP contribution in [0.5, 0.6) is 0 Å². The van der Waals surface area contributed by atoms with E-state index in [-0.39, 0.29) is 33.8 Å². The Bertz CT molecular complexity index is 1140. The molecule has 0 saturated carbocycles. The molecule has 12 heteroatoms. The Morgan fingerprint density at radius 1 is 1.14 bits per heavy atom. The summed E-state index contributed by atoms with van der Waals surface area (Å²) < 4.78 is 57.0. The first kappa shape index (κ1) is 27.6. The van der Waals surface area contributed by atoms with E-state index in [0.717, 1.165) is 28.8 Å². The fourth-order valence-corrected chi connectivity index (χ4v) is 3.09. The number of alkyl halides is 1. The van der Waals surface area contributed by atoms with E-state index in [1.165, 1.54) is 24.3 Å². The number of hydrogen-bond donors (Lipinski definition) is 3. The maximum Gasteiger partial charge on any atom is 0.288 e. The fourth-order valence-electron chi connectivity index (χ4n) is 3.09. The van der Waals surface area contributed by atoms with Crippen LogP contribution in [0.4, 0.5) is 23.2 Å². The van der Waals surface area contributed by atoms with Gasteiger partial charge < -0.3 is 9.88 Å². The van der Waals surface area contributed by atoms with Gasteiger partial charge in [-0.15, -0.1) is 5.53 Å². The molecular formula is C23H31F4N5O3. The lowest BCUT2D eigenvalue weighted by Gasteiger charge is -2.18. The van der Waals surface area contributed by atoms with Gasteiger partial charge in [0.25, 0.3) is 5.56 Å². The number of allylic oxidation sites excluding steroid dienone is 1. The van der Waals surface area contributed by atoms with Crippen molar-refractivity contribution in [1.82, 2.24) is 20.5 Å². The Morgan fingerprint density at radius 2 is 1.80 bits per heavy atom. The summed E-state index contributed by atoms with van der Waals surface area (Å²) in [6.07, 6.45) is 0.363. The van der Waals surface area contributed by atoms with Crippen LogP contribution >= 0.6 is 0 Å². The molecule has 1 aromatic heterocycles. The van der Waals surface area contributed by atoms with Crippen LogP contribution in [0.3, 0.4) is 0 Å². The molecule has 1 aliphatic heterocycles. The highest BCUT2D eigenvalue weighted by molar-refractivity contribution is 5.93. The van der Waals surface area contributed by atoms with E-state index in [4.69, 9.17) is 0 Å². The van der Waals surface area contributed by atoms with Crippen LogP contribution < -0.4 is 21.8 Å². The molecule has 1 unspecified atom stereocenters. The summed E-state index contributed by atoms with van der Waals surface area (Å²) in [5.41, 5.74) is 3.44. The minimum atomic E-state index is -1.41. The third kappa shape index (κ3) is 7.41. The van der Waals surface area contributed by atoms with E-state index >= 15 is 0 Å². The van der Waals surface area contributed by atoms with Crippen molar-refractivity contribution in [2.24, 2.45) is 0 Å². The average molecular weight is 502 g/mol. The monoisotopic (exact) mass is 501 g/mol. The zero-order valence-corrected chi connectivity index (χ0v) is 19.5. The van der Waals surface area contributed by atoms with E-state index in [1.807, 2.05) is 13.8 Å². The van der Waals surface area contributed by atoms with Crippen molar-refractivity contribution < 1.29 is 30.0 Å². The third-order valence-electron chi connectivity index (χ3n) is 4.86. The van der Waals surface area contributed by atoms with Crippen molar-refractivity contribution in [2.45, 2.75) is 46.3 Å². The molecule has 2 heterocycles. The first-order chi connectivity index (χ1) is 16.7. The van der Waals surface area contributed by atoms with Crippen LogP contribution in [0.2, 0.25) is 0 Å². The molecule has 0 fully saturated rings. The Hall–Kier alpha value is -3.67. The lowest BCUT2D eigenvalue weighted by atomic mass is 10.1. The first-order valence-electron chi connectivity index (χ1n) is 10.9. The van der Waals surface area contributed by atoms with Gasteiger partial charge in [0.05, 0.1) is 18.7 Å². The summed E-state index contributed by atoms with van der Waals surface area (Å²) in [6.45, 7) is 5.08. The molecule has 1 aromatic carbocycles. The molecule has 194 valence electrons. The molecule has 0 spiro atoms. The summed E-state index contributed by atoms with van der Waals surface area (Å²) in [5, 5.41) is 3.45. The minimum Gasteiger partial charge on any atom is -0.323 e.